The fraction of sp³-hybridized carbons (Fsp3) is 0.444. The molecule has 0 aliphatic heterocycles. The van der Waals surface area contributed by atoms with E-state index in [0.29, 0.717) is 36.2 Å². The van der Waals surface area contributed by atoms with Crippen molar-refractivity contribution in [2.45, 2.75) is 31.6 Å². The lowest BCUT2D eigenvalue weighted by Crippen LogP contribution is -2.35. The maximum Gasteiger partial charge on any atom is 0.232 e. The summed E-state index contributed by atoms with van der Waals surface area (Å²) in [6.07, 6.45) is 2.41. The molecule has 0 radical (unpaired) electrons. The van der Waals surface area contributed by atoms with Gasteiger partial charge in [0.05, 0.1) is 11.1 Å². The number of benzene rings is 1. The van der Waals surface area contributed by atoms with E-state index in [1.54, 1.807) is 12.1 Å². The van der Waals surface area contributed by atoms with Gasteiger partial charge in [0.15, 0.2) is 5.76 Å². The van der Waals surface area contributed by atoms with Gasteiger partial charge in [-0.05, 0) is 50.5 Å². The molecule has 0 spiro atoms. The third kappa shape index (κ3) is 3.62. The SMILES string of the molecule is CCOCCCNC(=O)C1(c2cc(-c3ccc(Cl)cc3)on2)CC1. The number of carbonyl (C=O) groups is 1. The highest BCUT2D eigenvalue weighted by Crippen LogP contribution is 2.48. The van der Waals surface area contributed by atoms with Gasteiger partial charge < -0.3 is 14.6 Å². The van der Waals surface area contributed by atoms with Crippen LogP contribution in [0.2, 0.25) is 5.02 Å². The van der Waals surface area contributed by atoms with Gasteiger partial charge in [-0.25, -0.2) is 0 Å². The summed E-state index contributed by atoms with van der Waals surface area (Å²) < 4.78 is 10.7. The van der Waals surface area contributed by atoms with E-state index in [4.69, 9.17) is 20.9 Å². The fourth-order valence-electron chi connectivity index (χ4n) is 2.67. The average Bonchev–Trinajstić information content (AvgIpc) is 3.26. The number of nitrogens with zero attached hydrogens (tertiary/aromatic N) is 1. The molecule has 0 unspecified atom stereocenters. The van der Waals surface area contributed by atoms with Crippen LogP contribution in [0.4, 0.5) is 0 Å². The molecule has 1 aromatic heterocycles. The van der Waals surface area contributed by atoms with Crippen molar-refractivity contribution in [3.8, 4) is 11.3 Å². The topological polar surface area (TPSA) is 64.4 Å². The number of amides is 1. The quantitative estimate of drug-likeness (QED) is 0.741. The Hall–Kier alpha value is -1.85. The lowest BCUT2D eigenvalue weighted by molar-refractivity contribution is -0.123. The number of halogens is 1. The largest absolute Gasteiger partial charge is 0.382 e. The van der Waals surface area contributed by atoms with Crippen LogP contribution in [0.1, 0.15) is 31.9 Å². The maximum atomic E-state index is 12.5. The standard InChI is InChI=1S/C18H21ClN2O3/c1-2-23-11-3-10-20-17(22)18(8-9-18)16-12-15(24-21-16)13-4-6-14(19)7-5-13/h4-7,12H,2-3,8-11H2,1H3,(H,20,22). The van der Waals surface area contributed by atoms with Gasteiger partial charge in [0.2, 0.25) is 5.91 Å². The first kappa shape index (κ1) is 17.0. The van der Waals surface area contributed by atoms with Gasteiger partial charge in [0.1, 0.15) is 0 Å². The zero-order valence-corrected chi connectivity index (χ0v) is 14.4. The molecule has 1 aliphatic rings. The molecule has 6 heteroatoms. The van der Waals surface area contributed by atoms with E-state index in [-0.39, 0.29) is 5.91 Å². The second-order valence-corrected chi connectivity index (χ2v) is 6.41. The van der Waals surface area contributed by atoms with E-state index in [1.165, 1.54) is 0 Å². The van der Waals surface area contributed by atoms with Crippen LogP contribution >= 0.6 is 11.6 Å². The number of aromatic nitrogens is 1. The zero-order chi connectivity index (χ0) is 17.0. The lowest BCUT2D eigenvalue weighted by atomic mass is 10.0. The summed E-state index contributed by atoms with van der Waals surface area (Å²) in [6, 6.07) is 9.21. The summed E-state index contributed by atoms with van der Waals surface area (Å²) in [5.74, 6) is 0.673. The molecule has 5 nitrogen and oxygen atoms in total. The Bertz CT molecular complexity index is 693. The van der Waals surface area contributed by atoms with Crippen LogP contribution in [0.15, 0.2) is 34.9 Å². The Balaban J connectivity index is 1.63. The highest BCUT2D eigenvalue weighted by atomic mass is 35.5. The van der Waals surface area contributed by atoms with Crippen molar-refractivity contribution < 1.29 is 14.1 Å². The first-order valence-electron chi connectivity index (χ1n) is 8.25. The van der Waals surface area contributed by atoms with Crippen molar-refractivity contribution in [2.75, 3.05) is 19.8 Å². The molecule has 1 aromatic carbocycles. The first-order valence-corrected chi connectivity index (χ1v) is 8.63. The predicted octanol–water partition coefficient (Wildman–Crippen LogP) is 3.57. The summed E-state index contributed by atoms with van der Waals surface area (Å²) in [5, 5.41) is 7.79. The minimum Gasteiger partial charge on any atom is -0.382 e. The molecule has 1 aliphatic carbocycles. The van der Waals surface area contributed by atoms with E-state index in [0.717, 1.165) is 24.8 Å². The highest BCUT2D eigenvalue weighted by Gasteiger charge is 2.53. The van der Waals surface area contributed by atoms with Crippen LogP contribution in [0.25, 0.3) is 11.3 Å². The van der Waals surface area contributed by atoms with Crippen LogP contribution in [-0.4, -0.2) is 30.8 Å². The third-order valence-corrected chi connectivity index (χ3v) is 4.52. The summed E-state index contributed by atoms with van der Waals surface area (Å²) in [4.78, 5) is 12.5. The number of rotatable bonds is 8. The van der Waals surface area contributed by atoms with Gasteiger partial charge in [-0.3, -0.25) is 4.79 Å². The number of nitrogens with one attached hydrogen (secondary N) is 1. The summed E-state index contributed by atoms with van der Waals surface area (Å²) in [6.45, 7) is 3.93. The van der Waals surface area contributed by atoms with Crippen LogP contribution in [0.5, 0.6) is 0 Å². The molecule has 0 bridgehead atoms. The van der Waals surface area contributed by atoms with Crippen LogP contribution in [-0.2, 0) is 14.9 Å². The molecule has 0 saturated heterocycles. The highest BCUT2D eigenvalue weighted by molar-refractivity contribution is 6.30. The van der Waals surface area contributed by atoms with E-state index >= 15 is 0 Å². The van der Waals surface area contributed by atoms with Gasteiger partial charge in [-0.1, -0.05) is 16.8 Å². The number of carbonyl (C=O) groups excluding carboxylic acids is 1. The lowest BCUT2D eigenvalue weighted by Gasteiger charge is -2.12. The average molecular weight is 349 g/mol. The molecule has 24 heavy (non-hydrogen) atoms. The Morgan fingerprint density at radius 3 is 2.79 bits per heavy atom. The molecule has 1 N–H and O–H groups in total. The molecule has 128 valence electrons. The normalized spacial score (nSPS) is 15.2. The molecule has 1 heterocycles. The van der Waals surface area contributed by atoms with Crippen LogP contribution in [0.3, 0.4) is 0 Å². The Kier molecular flexibility index (Phi) is 5.21. The summed E-state index contributed by atoms with van der Waals surface area (Å²) in [7, 11) is 0. The van der Waals surface area contributed by atoms with Crippen molar-refractivity contribution in [3.63, 3.8) is 0 Å². The fourth-order valence-corrected chi connectivity index (χ4v) is 2.79. The number of hydrogen-bond donors (Lipinski definition) is 1. The van der Waals surface area contributed by atoms with Gasteiger partial charge in [0.25, 0.3) is 0 Å². The molecular formula is C18H21ClN2O3. The Labute approximate surface area is 146 Å². The van der Waals surface area contributed by atoms with Crippen LogP contribution in [0, 0.1) is 0 Å². The van der Waals surface area contributed by atoms with E-state index in [1.807, 2.05) is 25.1 Å². The van der Waals surface area contributed by atoms with E-state index < -0.39 is 5.41 Å². The minimum absolute atomic E-state index is 0.0231. The van der Waals surface area contributed by atoms with Gasteiger partial charge in [0, 0.05) is 36.4 Å². The molecule has 1 fully saturated rings. The maximum absolute atomic E-state index is 12.5. The summed E-state index contributed by atoms with van der Waals surface area (Å²) >= 11 is 5.90. The molecular weight excluding hydrogens is 328 g/mol. The monoisotopic (exact) mass is 348 g/mol. The second-order valence-electron chi connectivity index (χ2n) is 5.97. The van der Waals surface area contributed by atoms with E-state index in [9.17, 15) is 4.79 Å². The Morgan fingerprint density at radius 2 is 2.12 bits per heavy atom. The van der Waals surface area contributed by atoms with Gasteiger partial charge in [-0.15, -0.1) is 0 Å². The van der Waals surface area contributed by atoms with Gasteiger partial charge in [-0.2, -0.15) is 0 Å². The van der Waals surface area contributed by atoms with Crippen molar-refractivity contribution in [3.05, 3.63) is 41.0 Å². The van der Waals surface area contributed by atoms with Crippen LogP contribution < -0.4 is 5.32 Å². The summed E-state index contributed by atoms with van der Waals surface area (Å²) in [5.41, 5.74) is 1.07. The zero-order valence-electron chi connectivity index (χ0n) is 13.7. The Morgan fingerprint density at radius 1 is 1.38 bits per heavy atom. The van der Waals surface area contributed by atoms with Gasteiger partial charge >= 0.3 is 0 Å². The molecule has 0 atom stereocenters. The van der Waals surface area contributed by atoms with Crippen molar-refractivity contribution in [2.24, 2.45) is 0 Å². The smallest absolute Gasteiger partial charge is 0.232 e. The van der Waals surface area contributed by atoms with Crippen molar-refractivity contribution in [1.82, 2.24) is 10.5 Å². The number of ether oxygens (including phenoxy) is 1. The van der Waals surface area contributed by atoms with Crippen molar-refractivity contribution in [1.29, 1.82) is 0 Å². The second kappa shape index (κ2) is 7.36. The predicted molar refractivity (Wildman–Crippen MR) is 92.0 cm³/mol. The minimum atomic E-state index is -0.528. The van der Waals surface area contributed by atoms with Crippen molar-refractivity contribution >= 4 is 17.5 Å². The third-order valence-electron chi connectivity index (χ3n) is 4.27. The molecule has 2 aromatic rings. The molecule has 1 saturated carbocycles. The van der Waals surface area contributed by atoms with E-state index in [2.05, 4.69) is 10.5 Å². The first-order chi connectivity index (χ1) is 11.7. The number of hydrogen-bond acceptors (Lipinski definition) is 4. The molecule has 3 rings (SSSR count). The molecule has 1 amide bonds.